The highest BCUT2D eigenvalue weighted by Crippen LogP contribution is 2.57. The van der Waals surface area contributed by atoms with Crippen LogP contribution < -0.4 is 0 Å². The molecule has 61 heavy (non-hydrogen) atoms. The van der Waals surface area contributed by atoms with Crippen molar-refractivity contribution in [2.75, 3.05) is 0 Å². The smallest absolute Gasteiger partial charge is 0.164 e. The molecule has 0 amide bonds. The van der Waals surface area contributed by atoms with Crippen LogP contribution in [-0.4, -0.2) is 19.5 Å². The van der Waals surface area contributed by atoms with Crippen molar-refractivity contribution in [3.05, 3.63) is 205 Å². The van der Waals surface area contributed by atoms with Crippen LogP contribution >= 0.6 is 0 Å². The van der Waals surface area contributed by atoms with Crippen LogP contribution in [0, 0.1) is 0 Å². The molecule has 2 aliphatic rings. The molecule has 4 heteroatoms. The van der Waals surface area contributed by atoms with Crippen LogP contribution in [0.15, 0.2) is 194 Å². The van der Waals surface area contributed by atoms with Gasteiger partial charge in [0.1, 0.15) is 0 Å². The lowest BCUT2D eigenvalue weighted by atomic mass is 9.68. The van der Waals surface area contributed by atoms with Crippen LogP contribution in [0.5, 0.6) is 0 Å². The number of nitrogens with zero attached hydrogens (tertiary/aromatic N) is 4. The molecule has 10 aromatic rings. The number of hydrogen-bond acceptors (Lipinski definition) is 3. The Kier molecular flexibility index (Phi) is 8.38. The minimum atomic E-state index is 0.0980. The highest BCUT2D eigenvalue weighted by Gasteiger charge is 2.44. The van der Waals surface area contributed by atoms with Crippen molar-refractivity contribution in [1.82, 2.24) is 19.5 Å². The maximum atomic E-state index is 5.12. The Morgan fingerprint density at radius 1 is 0.344 bits per heavy atom. The van der Waals surface area contributed by atoms with Gasteiger partial charge in [0.15, 0.2) is 17.5 Å². The molecule has 1 saturated carbocycles. The average Bonchev–Trinajstić information content (AvgIpc) is 3.80. The second-order valence-corrected chi connectivity index (χ2v) is 16.7. The molecule has 8 aromatic carbocycles. The fraction of sp³-hybridized carbons (Fsp3) is 0.105. The average molecular weight is 783 g/mol. The molecule has 2 heterocycles. The highest BCUT2D eigenvalue weighted by atomic mass is 15.0. The van der Waals surface area contributed by atoms with Gasteiger partial charge in [0, 0.05) is 38.6 Å². The second-order valence-electron chi connectivity index (χ2n) is 16.7. The van der Waals surface area contributed by atoms with E-state index in [9.17, 15) is 0 Å². The zero-order valence-electron chi connectivity index (χ0n) is 33.8. The first-order valence-corrected chi connectivity index (χ1v) is 21.6. The fourth-order valence-electron chi connectivity index (χ4n) is 10.3. The quantitative estimate of drug-likeness (QED) is 0.169. The summed E-state index contributed by atoms with van der Waals surface area (Å²) in [5.41, 5.74) is 17.0. The molecule has 0 aliphatic heterocycles. The number of benzene rings is 8. The second kappa shape index (κ2) is 14.4. The molecule has 0 radical (unpaired) electrons. The summed E-state index contributed by atoms with van der Waals surface area (Å²) in [6.07, 6.45) is 6.32. The van der Waals surface area contributed by atoms with Crippen molar-refractivity contribution in [2.45, 2.75) is 37.5 Å². The van der Waals surface area contributed by atoms with Gasteiger partial charge >= 0.3 is 0 Å². The first kappa shape index (κ1) is 35.5. The summed E-state index contributed by atoms with van der Waals surface area (Å²) in [4.78, 5) is 15.2. The lowest BCUT2D eigenvalue weighted by molar-refractivity contribution is 0.353. The largest absolute Gasteiger partial charge is 0.309 e. The number of fused-ring (bicyclic) bond motifs is 8. The van der Waals surface area contributed by atoms with E-state index < -0.39 is 0 Å². The Hall–Kier alpha value is -7.43. The van der Waals surface area contributed by atoms with Gasteiger partial charge in [-0.25, -0.2) is 15.0 Å². The van der Waals surface area contributed by atoms with Gasteiger partial charge in [0.25, 0.3) is 0 Å². The third kappa shape index (κ3) is 5.93. The van der Waals surface area contributed by atoms with Crippen molar-refractivity contribution in [3.8, 4) is 73.2 Å². The normalized spacial score (nSPS) is 14.0. The van der Waals surface area contributed by atoms with Crippen LogP contribution in [0.2, 0.25) is 0 Å². The zero-order chi connectivity index (χ0) is 40.3. The molecule has 2 aromatic heterocycles. The molecule has 12 rings (SSSR count). The molecule has 1 fully saturated rings. The fourth-order valence-corrected chi connectivity index (χ4v) is 10.3. The van der Waals surface area contributed by atoms with E-state index in [-0.39, 0.29) is 5.41 Å². The van der Waals surface area contributed by atoms with Crippen molar-refractivity contribution < 1.29 is 0 Å². The Morgan fingerprint density at radius 2 is 0.869 bits per heavy atom. The van der Waals surface area contributed by atoms with E-state index in [4.69, 9.17) is 15.0 Å². The van der Waals surface area contributed by atoms with E-state index >= 15 is 0 Å². The molecular weight excluding hydrogens is 741 g/mol. The Balaban J connectivity index is 0.995. The van der Waals surface area contributed by atoms with E-state index in [0.717, 1.165) is 39.1 Å². The predicted octanol–water partition coefficient (Wildman–Crippen LogP) is 14.5. The van der Waals surface area contributed by atoms with Crippen LogP contribution in [0.3, 0.4) is 0 Å². The van der Waals surface area contributed by atoms with Gasteiger partial charge in [0.2, 0.25) is 0 Å². The van der Waals surface area contributed by atoms with Crippen LogP contribution in [-0.2, 0) is 5.41 Å². The standard InChI is InChI=1S/C57H42N4/c1-5-16-38(17-6-1)39-26-28-41(29-27-39)55-58-54(40-18-7-2-8-19-40)59-56(60-55)44-21-15-20-42(34-44)43-30-31-47-49-36-51-48(37-53(49)61(52(47)35-43)45-22-9-3-10-23-45)46-24-11-12-25-50(46)57(51)32-13-4-14-33-57/h1-3,5-12,15-31,34-37H,4,13-14,32-33H2. The van der Waals surface area contributed by atoms with Crippen molar-refractivity contribution >= 4 is 21.8 Å². The van der Waals surface area contributed by atoms with Gasteiger partial charge in [-0.2, -0.15) is 0 Å². The summed E-state index contributed by atoms with van der Waals surface area (Å²) in [5, 5.41) is 2.59. The van der Waals surface area contributed by atoms with Crippen molar-refractivity contribution in [3.63, 3.8) is 0 Å². The molecule has 1 spiro atoms. The molecule has 290 valence electrons. The first-order chi connectivity index (χ1) is 30.2. The van der Waals surface area contributed by atoms with Crippen LogP contribution in [0.1, 0.15) is 43.2 Å². The number of para-hydroxylation sites is 1. The third-order valence-corrected chi connectivity index (χ3v) is 13.2. The Morgan fingerprint density at radius 3 is 1.61 bits per heavy atom. The number of aromatic nitrogens is 4. The monoisotopic (exact) mass is 782 g/mol. The van der Waals surface area contributed by atoms with Crippen LogP contribution in [0.25, 0.3) is 95.0 Å². The molecule has 0 atom stereocenters. The van der Waals surface area contributed by atoms with E-state index in [1.165, 1.54) is 81.7 Å². The predicted molar refractivity (Wildman–Crippen MR) is 251 cm³/mol. The molecule has 0 N–H and O–H groups in total. The van der Waals surface area contributed by atoms with Gasteiger partial charge in [-0.05, 0) is 93.7 Å². The summed E-state index contributed by atoms with van der Waals surface area (Å²) in [6, 6.07) is 69.9. The third-order valence-electron chi connectivity index (χ3n) is 13.2. The summed E-state index contributed by atoms with van der Waals surface area (Å²) in [5.74, 6) is 1.94. The van der Waals surface area contributed by atoms with Gasteiger partial charge in [-0.15, -0.1) is 0 Å². The molecule has 0 unspecified atom stereocenters. The minimum Gasteiger partial charge on any atom is -0.309 e. The summed E-state index contributed by atoms with van der Waals surface area (Å²) < 4.78 is 2.47. The van der Waals surface area contributed by atoms with Gasteiger partial charge < -0.3 is 4.57 Å². The van der Waals surface area contributed by atoms with Gasteiger partial charge in [0.05, 0.1) is 11.0 Å². The van der Waals surface area contributed by atoms with E-state index in [0.29, 0.717) is 17.5 Å². The van der Waals surface area contributed by atoms with Gasteiger partial charge in [-0.1, -0.05) is 177 Å². The lowest BCUT2D eigenvalue weighted by Crippen LogP contribution is -2.27. The highest BCUT2D eigenvalue weighted by molar-refractivity contribution is 6.12. The van der Waals surface area contributed by atoms with Crippen LogP contribution in [0.4, 0.5) is 0 Å². The van der Waals surface area contributed by atoms with E-state index in [1.807, 2.05) is 24.3 Å². The maximum absolute atomic E-state index is 5.12. The van der Waals surface area contributed by atoms with E-state index in [2.05, 4.69) is 174 Å². The Labute approximate surface area is 355 Å². The summed E-state index contributed by atoms with van der Waals surface area (Å²) in [6.45, 7) is 0. The maximum Gasteiger partial charge on any atom is 0.164 e. The molecular formula is C57H42N4. The minimum absolute atomic E-state index is 0.0980. The molecule has 0 bridgehead atoms. The molecule has 4 nitrogen and oxygen atoms in total. The SMILES string of the molecule is c1ccc(-c2ccc(-c3nc(-c4ccccc4)nc(-c4cccc(-c5ccc6c7cc8c(cc7n(-c7ccccc7)c6c5)-c5ccccc5C85CCCCC5)c4)n3)cc2)cc1. The zero-order valence-corrected chi connectivity index (χ0v) is 33.8. The summed E-state index contributed by atoms with van der Waals surface area (Å²) in [7, 11) is 0. The topological polar surface area (TPSA) is 43.6 Å². The lowest BCUT2D eigenvalue weighted by Gasteiger charge is -2.36. The van der Waals surface area contributed by atoms with E-state index in [1.54, 1.807) is 0 Å². The number of hydrogen-bond donors (Lipinski definition) is 0. The number of rotatable bonds is 6. The molecule has 2 aliphatic carbocycles. The molecule has 0 saturated heterocycles. The van der Waals surface area contributed by atoms with Gasteiger partial charge in [-0.3, -0.25) is 0 Å². The van der Waals surface area contributed by atoms with Crippen molar-refractivity contribution in [1.29, 1.82) is 0 Å². The summed E-state index contributed by atoms with van der Waals surface area (Å²) >= 11 is 0. The van der Waals surface area contributed by atoms with Crippen molar-refractivity contribution in [2.24, 2.45) is 0 Å². The Bertz CT molecular complexity index is 3250. The first-order valence-electron chi connectivity index (χ1n) is 21.6.